The maximum absolute atomic E-state index is 11.0. The molecule has 0 spiro atoms. The van der Waals surface area contributed by atoms with Gasteiger partial charge >= 0.3 is 5.97 Å². The first-order valence-corrected chi connectivity index (χ1v) is 7.19. The van der Waals surface area contributed by atoms with Gasteiger partial charge in [-0.3, -0.25) is 0 Å². The van der Waals surface area contributed by atoms with E-state index in [1.807, 2.05) is 0 Å². The van der Waals surface area contributed by atoms with Gasteiger partial charge in [0.2, 0.25) is 0 Å². The Balaban J connectivity index is 2.38. The maximum Gasteiger partial charge on any atom is 0.339 e. The quantitative estimate of drug-likeness (QED) is 0.664. The first-order chi connectivity index (χ1) is 9.16. The molecule has 0 saturated carbocycles. The molecule has 0 radical (unpaired) electrons. The largest absolute Gasteiger partial charge is 0.491 e. The molecule has 1 aromatic carbocycles. The summed E-state index contributed by atoms with van der Waals surface area (Å²) in [6.45, 7) is 2.70. The second kappa shape index (κ2) is 8.81. The molecule has 3 nitrogen and oxygen atoms in total. The second-order valence-corrected chi connectivity index (χ2v) is 4.95. The Morgan fingerprint density at radius 3 is 2.58 bits per heavy atom. The number of unbranched alkanes of at least 4 members (excludes halogenated alkanes) is 5. The highest BCUT2D eigenvalue weighted by molar-refractivity contribution is 6.32. The monoisotopic (exact) mass is 284 g/mol. The van der Waals surface area contributed by atoms with E-state index in [1.165, 1.54) is 31.7 Å². The third-order valence-corrected chi connectivity index (χ3v) is 3.24. The van der Waals surface area contributed by atoms with Crippen LogP contribution in [0.3, 0.4) is 0 Å². The number of aromatic carboxylic acids is 1. The van der Waals surface area contributed by atoms with E-state index in [1.54, 1.807) is 12.1 Å². The maximum atomic E-state index is 11.0. The van der Waals surface area contributed by atoms with Crippen LogP contribution in [0.2, 0.25) is 5.02 Å². The molecule has 4 heteroatoms. The zero-order valence-corrected chi connectivity index (χ0v) is 12.1. The molecule has 0 unspecified atom stereocenters. The molecule has 0 aliphatic heterocycles. The van der Waals surface area contributed by atoms with Crippen LogP contribution in [0.15, 0.2) is 18.2 Å². The normalized spacial score (nSPS) is 10.4. The highest BCUT2D eigenvalue weighted by atomic mass is 35.5. The van der Waals surface area contributed by atoms with Crippen LogP contribution in [0.25, 0.3) is 0 Å². The third-order valence-electron chi connectivity index (χ3n) is 2.94. The van der Waals surface area contributed by atoms with Crippen molar-refractivity contribution < 1.29 is 14.6 Å². The summed E-state index contributed by atoms with van der Waals surface area (Å²) in [6, 6.07) is 4.76. The van der Waals surface area contributed by atoms with E-state index in [2.05, 4.69) is 6.92 Å². The van der Waals surface area contributed by atoms with Crippen molar-refractivity contribution >= 4 is 17.6 Å². The van der Waals surface area contributed by atoms with Crippen molar-refractivity contribution in [1.29, 1.82) is 0 Å². The molecule has 0 fully saturated rings. The molecule has 1 aromatic rings. The molecule has 0 amide bonds. The van der Waals surface area contributed by atoms with E-state index in [0.717, 1.165) is 12.8 Å². The Kier molecular flexibility index (Phi) is 7.34. The number of rotatable bonds is 9. The van der Waals surface area contributed by atoms with Gasteiger partial charge in [0.05, 0.1) is 11.6 Å². The van der Waals surface area contributed by atoms with Crippen LogP contribution in [0.4, 0.5) is 0 Å². The average molecular weight is 285 g/mol. The van der Waals surface area contributed by atoms with Crippen LogP contribution < -0.4 is 4.74 Å². The number of carbonyl (C=O) groups is 1. The lowest BCUT2D eigenvalue weighted by Crippen LogP contribution is -2.05. The molecule has 0 saturated heterocycles. The summed E-state index contributed by atoms with van der Waals surface area (Å²) in [4.78, 5) is 11.0. The SMILES string of the molecule is CCCCCCCCOc1c(Cl)cccc1C(=O)O. The highest BCUT2D eigenvalue weighted by Gasteiger charge is 2.14. The van der Waals surface area contributed by atoms with E-state index in [-0.39, 0.29) is 11.3 Å². The number of benzene rings is 1. The zero-order valence-electron chi connectivity index (χ0n) is 11.3. The number of carboxylic acids is 1. The molecular weight excluding hydrogens is 264 g/mol. The minimum Gasteiger partial charge on any atom is -0.491 e. The Bertz CT molecular complexity index is 404. The van der Waals surface area contributed by atoms with Gasteiger partial charge in [0, 0.05) is 0 Å². The number of ether oxygens (including phenoxy) is 1. The molecule has 106 valence electrons. The molecule has 0 atom stereocenters. The van der Waals surface area contributed by atoms with Crippen LogP contribution in [0.1, 0.15) is 55.8 Å². The lowest BCUT2D eigenvalue weighted by atomic mass is 10.1. The smallest absolute Gasteiger partial charge is 0.339 e. The van der Waals surface area contributed by atoms with Crippen LogP contribution >= 0.6 is 11.6 Å². The Labute approximate surface area is 119 Å². The summed E-state index contributed by atoms with van der Waals surface area (Å²) in [5, 5.41) is 9.40. The van der Waals surface area contributed by atoms with E-state index in [0.29, 0.717) is 11.6 Å². The number of para-hydroxylation sites is 1. The predicted octanol–water partition coefficient (Wildman–Crippen LogP) is 4.78. The van der Waals surface area contributed by atoms with Gasteiger partial charge in [-0.15, -0.1) is 0 Å². The zero-order chi connectivity index (χ0) is 14.1. The van der Waals surface area contributed by atoms with Crippen LogP contribution in [0.5, 0.6) is 5.75 Å². The van der Waals surface area contributed by atoms with Crippen molar-refractivity contribution in [3.63, 3.8) is 0 Å². The number of halogens is 1. The summed E-state index contributed by atoms with van der Waals surface area (Å²) in [5.41, 5.74) is 0.124. The van der Waals surface area contributed by atoms with E-state index < -0.39 is 5.97 Å². The van der Waals surface area contributed by atoms with Gasteiger partial charge in [-0.25, -0.2) is 4.79 Å². The Hall–Kier alpha value is -1.22. The molecule has 0 aliphatic rings. The van der Waals surface area contributed by atoms with Gasteiger partial charge in [-0.1, -0.05) is 56.7 Å². The number of hydrogen-bond acceptors (Lipinski definition) is 2. The Morgan fingerprint density at radius 2 is 1.89 bits per heavy atom. The molecule has 1 N–H and O–H groups in total. The first-order valence-electron chi connectivity index (χ1n) is 6.81. The summed E-state index contributed by atoms with van der Waals surface area (Å²) >= 11 is 5.97. The fourth-order valence-electron chi connectivity index (χ4n) is 1.88. The summed E-state index contributed by atoms with van der Waals surface area (Å²) < 4.78 is 5.52. The van der Waals surface area contributed by atoms with Gasteiger partial charge in [0.25, 0.3) is 0 Å². The van der Waals surface area contributed by atoms with Crippen molar-refractivity contribution in [2.45, 2.75) is 45.4 Å². The van der Waals surface area contributed by atoms with E-state index in [9.17, 15) is 4.79 Å². The van der Waals surface area contributed by atoms with Crippen molar-refractivity contribution in [1.82, 2.24) is 0 Å². The number of hydrogen-bond donors (Lipinski definition) is 1. The summed E-state index contributed by atoms with van der Waals surface area (Å²) in [7, 11) is 0. The predicted molar refractivity (Wildman–Crippen MR) is 77.3 cm³/mol. The minimum absolute atomic E-state index is 0.124. The van der Waals surface area contributed by atoms with Crippen molar-refractivity contribution in [2.24, 2.45) is 0 Å². The van der Waals surface area contributed by atoms with Crippen molar-refractivity contribution in [3.05, 3.63) is 28.8 Å². The Morgan fingerprint density at radius 1 is 1.21 bits per heavy atom. The molecule has 0 bridgehead atoms. The van der Waals surface area contributed by atoms with Gasteiger partial charge in [-0.2, -0.15) is 0 Å². The lowest BCUT2D eigenvalue weighted by molar-refractivity contribution is 0.0692. The minimum atomic E-state index is -1.01. The van der Waals surface area contributed by atoms with Gasteiger partial charge in [-0.05, 0) is 18.6 Å². The average Bonchev–Trinajstić information content (AvgIpc) is 2.39. The fourth-order valence-corrected chi connectivity index (χ4v) is 2.11. The summed E-state index contributed by atoms with van der Waals surface area (Å²) in [5.74, 6) is -0.731. The highest BCUT2D eigenvalue weighted by Crippen LogP contribution is 2.28. The van der Waals surface area contributed by atoms with Crippen LogP contribution in [-0.2, 0) is 0 Å². The standard InChI is InChI=1S/C15H21ClO3/c1-2-3-4-5-6-7-11-19-14-12(15(17)18)9-8-10-13(14)16/h8-10H,2-7,11H2,1H3,(H,17,18). The van der Waals surface area contributed by atoms with Gasteiger partial charge in [0.15, 0.2) is 5.75 Å². The topological polar surface area (TPSA) is 46.5 Å². The fraction of sp³-hybridized carbons (Fsp3) is 0.533. The molecule has 19 heavy (non-hydrogen) atoms. The first kappa shape index (κ1) is 15.8. The molecule has 0 aliphatic carbocycles. The van der Waals surface area contributed by atoms with Gasteiger partial charge in [0.1, 0.15) is 5.56 Å². The second-order valence-electron chi connectivity index (χ2n) is 4.54. The molecular formula is C15H21ClO3. The molecule has 0 heterocycles. The number of carboxylic acid groups (broad SMARTS) is 1. The van der Waals surface area contributed by atoms with E-state index >= 15 is 0 Å². The molecule has 1 rings (SSSR count). The lowest BCUT2D eigenvalue weighted by Gasteiger charge is -2.10. The van der Waals surface area contributed by atoms with Crippen molar-refractivity contribution in [2.75, 3.05) is 6.61 Å². The summed E-state index contributed by atoms with van der Waals surface area (Å²) in [6.07, 6.45) is 6.99. The van der Waals surface area contributed by atoms with E-state index in [4.69, 9.17) is 21.4 Å². The van der Waals surface area contributed by atoms with Gasteiger partial charge < -0.3 is 9.84 Å². The van der Waals surface area contributed by atoms with Crippen LogP contribution in [0, 0.1) is 0 Å². The van der Waals surface area contributed by atoms with Crippen LogP contribution in [-0.4, -0.2) is 17.7 Å². The molecule has 0 aromatic heterocycles. The van der Waals surface area contributed by atoms with Crippen molar-refractivity contribution in [3.8, 4) is 5.75 Å². The third kappa shape index (κ3) is 5.52.